The Morgan fingerprint density at radius 2 is 1.76 bits per heavy atom. The van der Waals surface area contributed by atoms with E-state index in [0.717, 1.165) is 11.4 Å². The maximum atomic E-state index is 5.98. The summed E-state index contributed by atoms with van der Waals surface area (Å²) >= 11 is 17.8. The Kier molecular flexibility index (Phi) is 5.51. The van der Waals surface area contributed by atoms with Crippen LogP contribution in [0.25, 0.3) is 0 Å². The zero-order valence-electron chi connectivity index (χ0n) is 11.6. The Morgan fingerprint density at radius 1 is 1.00 bits per heavy atom. The molecular weight excluding hydrogens is 331 g/mol. The van der Waals surface area contributed by atoms with Crippen molar-refractivity contribution >= 4 is 46.4 Å². The maximum absolute atomic E-state index is 5.98. The summed E-state index contributed by atoms with van der Waals surface area (Å²) in [7, 11) is 0. The summed E-state index contributed by atoms with van der Waals surface area (Å²) in [6.45, 7) is 4.54. The minimum absolute atomic E-state index is 0.286. The number of aromatic nitrogens is 2. The molecule has 4 nitrogen and oxygen atoms in total. The van der Waals surface area contributed by atoms with E-state index >= 15 is 0 Å². The van der Waals surface area contributed by atoms with Crippen LogP contribution in [-0.4, -0.2) is 16.6 Å². The molecule has 1 heterocycles. The summed E-state index contributed by atoms with van der Waals surface area (Å²) in [5.41, 5.74) is 1.75. The van der Waals surface area contributed by atoms with Crippen molar-refractivity contribution in [2.24, 2.45) is 0 Å². The molecule has 1 aromatic heterocycles. The first-order valence-corrected chi connectivity index (χ1v) is 7.56. The highest BCUT2D eigenvalue weighted by Crippen LogP contribution is 2.25. The van der Waals surface area contributed by atoms with Crippen molar-refractivity contribution in [3.63, 3.8) is 0 Å². The molecule has 0 amide bonds. The monoisotopic (exact) mass is 344 g/mol. The second kappa shape index (κ2) is 7.16. The molecule has 2 rings (SSSR count). The lowest BCUT2D eigenvalue weighted by molar-refractivity contribution is 0.815. The number of nitrogens with zero attached hydrogens (tertiary/aromatic N) is 2. The SMILES string of the molecule is CC(C)c1cc(Cl)nc(NCNc2ccc(Cl)c(Cl)c2)n1. The third-order valence-corrected chi connectivity index (χ3v) is 3.70. The van der Waals surface area contributed by atoms with Crippen LogP contribution in [0.5, 0.6) is 0 Å². The van der Waals surface area contributed by atoms with Crippen molar-refractivity contribution in [3.05, 3.63) is 45.2 Å². The van der Waals surface area contributed by atoms with Gasteiger partial charge in [0.05, 0.1) is 22.4 Å². The molecule has 7 heteroatoms. The van der Waals surface area contributed by atoms with Crippen molar-refractivity contribution in [2.75, 3.05) is 17.3 Å². The summed E-state index contributed by atoms with van der Waals surface area (Å²) in [5.74, 6) is 0.771. The van der Waals surface area contributed by atoms with E-state index in [4.69, 9.17) is 34.8 Å². The Morgan fingerprint density at radius 3 is 2.43 bits per heavy atom. The van der Waals surface area contributed by atoms with Gasteiger partial charge in [-0.15, -0.1) is 0 Å². The Labute approximate surface area is 138 Å². The second-order valence-electron chi connectivity index (χ2n) is 4.75. The highest BCUT2D eigenvalue weighted by molar-refractivity contribution is 6.42. The molecule has 0 unspecified atom stereocenters. The molecular formula is C14H15Cl3N4. The normalized spacial score (nSPS) is 10.8. The summed E-state index contributed by atoms with van der Waals surface area (Å²) in [6, 6.07) is 7.10. The molecule has 0 aliphatic carbocycles. The fourth-order valence-corrected chi connectivity index (χ4v) is 2.13. The first-order chi connectivity index (χ1) is 9.95. The van der Waals surface area contributed by atoms with E-state index in [9.17, 15) is 0 Å². The minimum atomic E-state index is 0.286. The summed E-state index contributed by atoms with van der Waals surface area (Å²) in [4.78, 5) is 8.54. The van der Waals surface area contributed by atoms with Crippen molar-refractivity contribution in [2.45, 2.75) is 19.8 Å². The molecule has 2 aromatic rings. The summed E-state index contributed by atoms with van der Waals surface area (Å²) < 4.78 is 0. The van der Waals surface area contributed by atoms with Gasteiger partial charge in [0.1, 0.15) is 5.15 Å². The third-order valence-electron chi connectivity index (χ3n) is 2.76. The van der Waals surface area contributed by atoms with Crippen LogP contribution in [0.1, 0.15) is 25.5 Å². The highest BCUT2D eigenvalue weighted by Gasteiger charge is 2.06. The van der Waals surface area contributed by atoms with Crippen LogP contribution in [-0.2, 0) is 0 Å². The molecule has 0 bridgehead atoms. The molecule has 0 fully saturated rings. The van der Waals surface area contributed by atoms with Crippen LogP contribution in [0, 0.1) is 0 Å². The van der Waals surface area contributed by atoms with Crippen LogP contribution in [0.2, 0.25) is 15.2 Å². The molecule has 21 heavy (non-hydrogen) atoms. The van der Waals surface area contributed by atoms with Gasteiger partial charge in [0.2, 0.25) is 5.95 Å². The first-order valence-electron chi connectivity index (χ1n) is 6.43. The predicted molar refractivity (Wildman–Crippen MR) is 89.7 cm³/mol. The number of anilines is 2. The first kappa shape index (κ1) is 16.1. The third kappa shape index (κ3) is 4.63. The van der Waals surface area contributed by atoms with Gasteiger partial charge in [0.25, 0.3) is 0 Å². The molecule has 0 spiro atoms. The number of nitrogens with one attached hydrogen (secondary N) is 2. The van der Waals surface area contributed by atoms with Crippen molar-refractivity contribution in [1.29, 1.82) is 0 Å². The molecule has 112 valence electrons. The average molecular weight is 346 g/mol. The van der Waals surface area contributed by atoms with Gasteiger partial charge in [-0.25, -0.2) is 9.97 Å². The van der Waals surface area contributed by atoms with Crippen molar-refractivity contribution < 1.29 is 0 Å². The number of hydrogen-bond donors (Lipinski definition) is 2. The molecule has 0 saturated heterocycles. The number of benzene rings is 1. The Balaban J connectivity index is 1.98. The standard InChI is InChI=1S/C14H15Cl3N4/c1-8(2)12-6-13(17)21-14(20-12)19-7-18-9-3-4-10(15)11(16)5-9/h3-6,8,18H,7H2,1-2H3,(H,19,20,21). The van der Waals surface area contributed by atoms with Gasteiger partial charge in [0, 0.05) is 5.69 Å². The number of hydrogen-bond acceptors (Lipinski definition) is 4. The van der Waals surface area contributed by atoms with Gasteiger partial charge in [-0.2, -0.15) is 0 Å². The molecule has 0 aliphatic heterocycles. The smallest absolute Gasteiger partial charge is 0.225 e. The van der Waals surface area contributed by atoms with E-state index in [1.807, 2.05) is 6.07 Å². The quantitative estimate of drug-likeness (QED) is 0.588. The van der Waals surface area contributed by atoms with Crippen LogP contribution < -0.4 is 10.6 Å². The lowest BCUT2D eigenvalue weighted by Gasteiger charge is -2.11. The zero-order valence-corrected chi connectivity index (χ0v) is 13.9. The van der Waals surface area contributed by atoms with Crippen LogP contribution in [0.4, 0.5) is 11.6 Å². The Hall–Kier alpha value is -1.23. The fraction of sp³-hybridized carbons (Fsp3) is 0.286. The van der Waals surface area contributed by atoms with Gasteiger partial charge < -0.3 is 10.6 Å². The number of rotatable bonds is 5. The van der Waals surface area contributed by atoms with Gasteiger partial charge in [0.15, 0.2) is 0 Å². The zero-order chi connectivity index (χ0) is 15.4. The van der Waals surface area contributed by atoms with E-state index in [1.54, 1.807) is 18.2 Å². The average Bonchev–Trinajstić information content (AvgIpc) is 2.42. The van der Waals surface area contributed by atoms with Gasteiger partial charge >= 0.3 is 0 Å². The van der Waals surface area contributed by atoms with Crippen LogP contribution in [0.15, 0.2) is 24.3 Å². The molecule has 1 aromatic carbocycles. The molecule has 0 radical (unpaired) electrons. The van der Waals surface area contributed by atoms with E-state index in [1.165, 1.54) is 0 Å². The predicted octanol–water partition coefficient (Wildman–Crippen LogP) is 5.04. The molecule has 0 atom stereocenters. The van der Waals surface area contributed by atoms with Gasteiger partial charge in [-0.05, 0) is 30.2 Å². The lowest BCUT2D eigenvalue weighted by Crippen LogP contribution is -2.14. The van der Waals surface area contributed by atoms with Crippen LogP contribution in [0.3, 0.4) is 0 Å². The van der Waals surface area contributed by atoms with Gasteiger partial charge in [-0.1, -0.05) is 48.7 Å². The summed E-state index contributed by atoms with van der Waals surface area (Å²) in [6.07, 6.45) is 0. The Bertz CT molecular complexity index is 632. The minimum Gasteiger partial charge on any atom is -0.368 e. The second-order valence-corrected chi connectivity index (χ2v) is 5.95. The largest absolute Gasteiger partial charge is 0.368 e. The highest BCUT2D eigenvalue weighted by atomic mass is 35.5. The fourth-order valence-electron chi connectivity index (χ4n) is 1.64. The van der Waals surface area contributed by atoms with E-state index < -0.39 is 0 Å². The van der Waals surface area contributed by atoms with Gasteiger partial charge in [-0.3, -0.25) is 0 Å². The lowest BCUT2D eigenvalue weighted by atomic mass is 10.1. The topological polar surface area (TPSA) is 49.8 Å². The maximum Gasteiger partial charge on any atom is 0.225 e. The van der Waals surface area contributed by atoms with Crippen molar-refractivity contribution in [3.8, 4) is 0 Å². The van der Waals surface area contributed by atoms with E-state index in [-0.39, 0.29) is 5.92 Å². The molecule has 2 N–H and O–H groups in total. The summed E-state index contributed by atoms with van der Waals surface area (Å²) in [5, 5.41) is 7.67. The molecule has 0 aliphatic rings. The molecule has 0 saturated carbocycles. The van der Waals surface area contributed by atoms with Crippen molar-refractivity contribution in [1.82, 2.24) is 9.97 Å². The van der Waals surface area contributed by atoms with E-state index in [0.29, 0.717) is 27.8 Å². The van der Waals surface area contributed by atoms with Crippen LogP contribution >= 0.6 is 34.8 Å². The number of halogens is 3. The van der Waals surface area contributed by atoms with E-state index in [2.05, 4.69) is 34.4 Å².